The van der Waals surface area contributed by atoms with Crippen molar-refractivity contribution in [1.29, 1.82) is 0 Å². The van der Waals surface area contributed by atoms with Crippen LogP contribution in [-0.2, 0) is 11.3 Å². The second-order valence-corrected chi connectivity index (χ2v) is 9.10. The largest absolute Gasteiger partial charge is 0.491 e. The van der Waals surface area contributed by atoms with Crippen LogP contribution < -0.4 is 4.74 Å². The van der Waals surface area contributed by atoms with Gasteiger partial charge in [0.2, 0.25) is 0 Å². The molecule has 1 aliphatic rings. The molecule has 36 heavy (non-hydrogen) atoms. The van der Waals surface area contributed by atoms with E-state index in [4.69, 9.17) is 4.74 Å². The van der Waals surface area contributed by atoms with Crippen LogP contribution in [-0.4, -0.2) is 38.7 Å². The number of amides is 2. The van der Waals surface area contributed by atoms with Crippen LogP contribution in [0.4, 0.5) is 10.5 Å². The zero-order valence-electron chi connectivity index (χ0n) is 19.1. The minimum absolute atomic E-state index is 0.0312. The third kappa shape index (κ3) is 4.73. The molecule has 4 aromatic rings. The highest BCUT2D eigenvalue weighted by Gasteiger charge is 2.35. The van der Waals surface area contributed by atoms with Gasteiger partial charge in [0.05, 0.1) is 22.9 Å². The van der Waals surface area contributed by atoms with Crippen molar-refractivity contribution in [2.45, 2.75) is 6.54 Å². The Labute approximate surface area is 210 Å². The highest BCUT2D eigenvalue weighted by atomic mass is 32.2. The number of thioether (sulfide) groups is 1. The number of nitro groups is 1. The molecule has 0 unspecified atom stereocenters. The fourth-order valence-corrected chi connectivity index (χ4v) is 4.95. The van der Waals surface area contributed by atoms with Crippen molar-refractivity contribution in [2.75, 3.05) is 13.2 Å². The Morgan fingerprint density at radius 3 is 2.58 bits per heavy atom. The first-order valence-electron chi connectivity index (χ1n) is 11.2. The summed E-state index contributed by atoms with van der Waals surface area (Å²) >= 11 is 0.873. The van der Waals surface area contributed by atoms with Crippen molar-refractivity contribution in [1.82, 2.24) is 9.47 Å². The number of nitrogens with zero attached hydrogens (tertiary/aromatic N) is 3. The lowest BCUT2D eigenvalue weighted by Gasteiger charge is -2.14. The van der Waals surface area contributed by atoms with Gasteiger partial charge in [0.25, 0.3) is 16.8 Å². The van der Waals surface area contributed by atoms with Gasteiger partial charge in [0.1, 0.15) is 12.4 Å². The Bertz CT molecular complexity index is 1500. The van der Waals surface area contributed by atoms with Crippen molar-refractivity contribution in [3.63, 3.8) is 0 Å². The average Bonchev–Trinajstić information content (AvgIpc) is 3.43. The second kappa shape index (κ2) is 10.1. The fraction of sp³-hybridized carbons (Fsp3) is 0.111. The summed E-state index contributed by atoms with van der Waals surface area (Å²) in [7, 11) is 0. The summed E-state index contributed by atoms with van der Waals surface area (Å²) in [6.45, 7) is 0.564. The summed E-state index contributed by atoms with van der Waals surface area (Å²) in [4.78, 5) is 38.0. The highest BCUT2D eigenvalue weighted by molar-refractivity contribution is 8.18. The molecule has 0 bridgehead atoms. The van der Waals surface area contributed by atoms with E-state index in [9.17, 15) is 19.7 Å². The van der Waals surface area contributed by atoms with E-state index < -0.39 is 4.92 Å². The first-order chi connectivity index (χ1) is 17.5. The lowest BCUT2D eigenvalue weighted by molar-refractivity contribution is -0.385. The van der Waals surface area contributed by atoms with Gasteiger partial charge < -0.3 is 9.30 Å². The van der Waals surface area contributed by atoms with E-state index in [1.807, 2.05) is 42.5 Å². The zero-order chi connectivity index (χ0) is 25.1. The summed E-state index contributed by atoms with van der Waals surface area (Å²) in [5, 5.41) is 13.0. The number of nitro benzene ring substituents is 1. The first-order valence-corrected chi connectivity index (χ1v) is 12.1. The molecule has 5 rings (SSSR count). The van der Waals surface area contributed by atoms with Gasteiger partial charge in [-0.1, -0.05) is 54.6 Å². The van der Waals surface area contributed by atoms with E-state index >= 15 is 0 Å². The number of rotatable bonds is 8. The summed E-state index contributed by atoms with van der Waals surface area (Å²) in [6.07, 6.45) is 3.43. The van der Waals surface area contributed by atoms with Crippen LogP contribution in [0.5, 0.6) is 5.75 Å². The number of hydrogen-bond acceptors (Lipinski definition) is 6. The van der Waals surface area contributed by atoms with E-state index in [-0.39, 0.29) is 36.5 Å². The number of para-hydroxylation sites is 1. The molecule has 0 atom stereocenters. The molecule has 9 heteroatoms. The smallest absolute Gasteiger partial charge is 0.293 e. The Morgan fingerprint density at radius 1 is 0.944 bits per heavy atom. The molecule has 0 spiro atoms. The molecule has 2 heterocycles. The molecule has 1 fully saturated rings. The van der Waals surface area contributed by atoms with E-state index in [2.05, 4.69) is 0 Å². The van der Waals surface area contributed by atoms with E-state index in [0.29, 0.717) is 21.9 Å². The molecular weight excluding hydrogens is 478 g/mol. The number of aromatic nitrogens is 1. The van der Waals surface area contributed by atoms with Gasteiger partial charge in [0.15, 0.2) is 0 Å². The number of imide groups is 1. The minimum atomic E-state index is -0.413. The van der Waals surface area contributed by atoms with Crippen LogP contribution in [0.1, 0.15) is 11.3 Å². The van der Waals surface area contributed by atoms with Gasteiger partial charge in [-0.15, -0.1) is 0 Å². The number of fused-ring (bicyclic) bond motifs is 1. The predicted octanol–water partition coefficient (Wildman–Crippen LogP) is 5.71. The lowest BCUT2D eigenvalue weighted by Crippen LogP contribution is -2.32. The van der Waals surface area contributed by atoms with Crippen molar-refractivity contribution in [3.05, 3.63) is 111 Å². The molecule has 0 aliphatic carbocycles. The van der Waals surface area contributed by atoms with Crippen LogP contribution >= 0.6 is 11.8 Å². The molecule has 0 N–H and O–H groups in total. The van der Waals surface area contributed by atoms with Gasteiger partial charge in [-0.25, -0.2) is 0 Å². The van der Waals surface area contributed by atoms with E-state index in [1.165, 1.54) is 11.0 Å². The molecule has 1 aromatic heterocycles. The Kier molecular flexibility index (Phi) is 6.55. The highest BCUT2D eigenvalue weighted by Crippen LogP contribution is 2.33. The van der Waals surface area contributed by atoms with Crippen LogP contribution in [0.3, 0.4) is 0 Å². The van der Waals surface area contributed by atoms with Gasteiger partial charge in [-0.3, -0.25) is 24.6 Å². The minimum Gasteiger partial charge on any atom is -0.491 e. The molecule has 3 aromatic carbocycles. The van der Waals surface area contributed by atoms with Crippen LogP contribution in [0, 0.1) is 10.1 Å². The molecule has 2 amide bonds. The SMILES string of the molecule is O=C1S/C(=C\c2cccn2Cc2ccccc2[N+](=O)[O-])C(=O)N1CCOc1cccc2ccccc12. The van der Waals surface area contributed by atoms with Crippen molar-refractivity contribution in [3.8, 4) is 5.75 Å². The summed E-state index contributed by atoms with van der Waals surface area (Å²) in [6, 6.07) is 23.7. The van der Waals surface area contributed by atoms with Crippen molar-refractivity contribution in [2.24, 2.45) is 0 Å². The monoisotopic (exact) mass is 499 g/mol. The maximum atomic E-state index is 13.0. The number of benzene rings is 3. The maximum Gasteiger partial charge on any atom is 0.293 e. The van der Waals surface area contributed by atoms with Crippen molar-refractivity contribution < 1.29 is 19.2 Å². The number of carbonyl (C=O) groups is 2. The van der Waals surface area contributed by atoms with Gasteiger partial charge >= 0.3 is 0 Å². The molecule has 1 aliphatic heterocycles. The molecule has 1 saturated heterocycles. The molecule has 180 valence electrons. The lowest BCUT2D eigenvalue weighted by atomic mass is 10.1. The van der Waals surface area contributed by atoms with Crippen molar-refractivity contribution >= 4 is 45.4 Å². The quantitative estimate of drug-likeness (QED) is 0.175. The van der Waals surface area contributed by atoms with Crippen LogP contribution in [0.25, 0.3) is 16.8 Å². The zero-order valence-corrected chi connectivity index (χ0v) is 19.9. The normalized spacial score (nSPS) is 14.7. The summed E-state index contributed by atoms with van der Waals surface area (Å²) in [5.74, 6) is 0.313. The Hall–Kier alpha value is -4.37. The van der Waals surface area contributed by atoms with Gasteiger partial charge in [0, 0.05) is 28.9 Å². The van der Waals surface area contributed by atoms with Crippen LogP contribution in [0.15, 0.2) is 90.0 Å². The number of hydrogen-bond donors (Lipinski definition) is 0. The Morgan fingerprint density at radius 2 is 1.72 bits per heavy atom. The number of ether oxygens (including phenoxy) is 1. The maximum absolute atomic E-state index is 13.0. The third-order valence-electron chi connectivity index (χ3n) is 5.87. The van der Waals surface area contributed by atoms with Gasteiger partial charge in [-0.2, -0.15) is 0 Å². The molecule has 0 radical (unpaired) electrons. The molecular formula is C27H21N3O5S. The first kappa shape index (κ1) is 23.4. The topological polar surface area (TPSA) is 94.7 Å². The van der Waals surface area contributed by atoms with Gasteiger partial charge in [-0.05, 0) is 41.4 Å². The summed E-state index contributed by atoms with van der Waals surface area (Å²) in [5.41, 5.74) is 1.25. The summed E-state index contributed by atoms with van der Waals surface area (Å²) < 4.78 is 7.71. The Balaban J connectivity index is 1.28. The standard InChI is InChI=1S/C27H21N3O5S/c31-26-25(17-21-10-6-14-28(21)18-20-8-2-4-12-23(20)30(33)34)36-27(32)29(26)15-16-35-24-13-5-9-19-7-1-3-11-22(19)24/h1-14,17H,15-16,18H2/b25-17-. The van der Waals surface area contributed by atoms with E-state index in [1.54, 1.807) is 47.2 Å². The fourth-order valence-electron chi connectivity index (χ4n) is 4.10. The second-order valence-electron chi connectivity index (χ2n) is 8.11. The third-order valence-corrected chi connectivity index (χ3v) is 6.78. The molecule has 8 nitrogen and oxygen atoms in total. The van der Waals surface area contributed by atoms with E-state index in [0.717, 1.165) is 22.5 Å². The molecule has 0 saturated carbocycles. The predicted molar refractivity (Wildman–Crippen MR) is 139 cm³/mol. The number of carbonyl (C=O) groups excluding carboxylic acids is 2. The van der Waals surface area contributed by atoms with Crippen LogP contribution in [0.2, 0.25) is 0 Å². The average molecular weight is 500 g/mol.